The lowest BCUT2D eigenvalue weighted by Crippen LogP contribution is -2.46. The fourth-order valence-corrected chi connectivity index (χ4v) is 4.80. The molecule has 0 aliphatic heterocycles. The smallest absolute Gasteiger partial charge is 0.321 e. The monoisotopic (exact) mass is 348 g/mol. The average Bonchev–Trinajstić information content (AvgIpc) is 2.91. The van der Waals surface area contributed by atoms with E-state index >= 15 is 0 Å². The number of nitrogens with one attached hydrogen (secondary N) is 1. The molecule has 0 bridgehead atoms. The normalized spacial score (nSPS) is 13.1. The van der Waals surface area contributed by atoms with E-state index in [1.807, 2.05) is 6.92 Å². The van der Waals surface area contributed by atoms with Crippen LogP contribution in [0.5, 0.6) is 0 Å². The second-order valence-electron chi connectivity index (χ2n) is 4.69. The molecule has 0 radical (unpaired) electrons. The predicted octanol–water partition coefficient (Wildman–Crippen LogP) is 0.910. The summed E-state index contributed by atoms with van der Waals surface area (Å²) in [6.07, 6.45) is 0.709. The molecule has 1 aromatic rings. The number of nitrogens with zero attached hydrogens (tertiary/aromatic N) is 1. The second kappa shape index (κ2) is 7.70. The summed E-state index contributed by atoms with van der Waals surface area (Å²) < 4.78 is 26.3. The first-order valence-electron chi connectivity index (χ1n) is 6.78. The molecule has 0 aromatic carbocycles. The molecule has 1 atom stereocenters. The van der Waals surface area contributed by atoms with Crippen molar-refractivity contribution in [3.8, 4) is 0 Å². The Labute approximate surface area is 134 Å². The fourth-order valence-electron chi connectivity index (χ4n) is 1.79. The molecule has 1 amide bonds. The third-order valence-corrected chi connectivity index (χ3v) is 6.71. The van der Waals surface area contributed by atoms with Crippen LogP contribution >= 0.6 is 11.3 Å². The van der Waals surface area contributed by atoms with Crippen LogP contribution in [-0.2, 0) is 26.0 Å². The van der Waals surface area contributed by atoms with E-state index in [4.69, 9.17) is 5.11 Å². The lowest BCUT2D eigenvalue weighted by Gasteiger charge is -2.25. The molecule has 0 saturated heterocycles. The van der Waals surface area contributed by atoms with Crippen molar-refractivity contribution < 1.29 is 23.1 Å². The number of carboxylic acids is 1. The van der Waals surface area contributed by atoms with Crippen molar-refractivity contribution in [2.45, 2.75) is 37.4 Å². The van der Waals surface area contributed by atoms with Gasteiger partial charge in [0.25, 0.3) is 10.0 Å². The molecule has 0 aliphatic carbocycles. The number of rotatable bonds is 8. The van der Waals surface area contributed by atoms with Crippen LogP contribution in [0.1, 0.15) is 25.6 Å². The van der Waals surface area contributed by atoms with Gasteiger partial charge in [-0.3, -0.25) is 9.59 Å². The van der Waals surface area contributed by atoms with E-state index in [9.17, 15) is 18.0 Å². The van der Waals surface area contributed by atoms with Crippen molar-refractivity contribution in [3.63, 3.8) is 0 Å². The maximum Gasteiger partial charge on any atom is 0.321 e. The molecular formula is C13H20N2O5S2. The number of carbonyl (C=O) groups excluding carboxylic acids is 1. The Morgan fingerprint density at radius 1 is 1.41 bits per heavy atom. The van der Waals surface area contributed by atoms with E-state index in [1.165, 1.54) is 19.9 Å². The van der Waals surface area contributed by atoms with Crippen LogP contribution in [0.3, 0.4) is 0 Å². The van der Waals surface area contributed by atoms with Gasteiger partial charge in [-0.05, 0) is 25.5 Å². The van der Waals surface area contributed by atoms with Crippen LogP contribution in [0.15, 0.2) is 16.3 Å². The highest BCUT2D eigenvalue weighted by Crippen LogP contribution is 2.26. The van der Waals surface area contributed by atoms with Crippen LogP contribution in [0.25, 0.3) is 0 Å². The number of hydrogen-bond acceptors (Lipinski definition) is 5. The highest BCUT2D eigenvalue weighted by Gasteiger charge is 2.33. The largest absolute Gasteiger partial charge is 0.480 e. The lowest BCUT2D eigenvalue weighted by molar-refractivity contribution is -0.140. The maximum atomic E-state index is 12.6. The Morgan fingerprint density at radius 3 is 2.50 bits per heavy atom. The fraction of sp³-hybridized carbons (Fsp3) is 0.538. The highest BCUT2D eigenvalue weighted by atomic mass is 32.2. The Kier molecular flexibility index (Phi) is 6.51. The third kappa shape index (κ3) is 4.52. The number of amides is 1. The molecule has 0 saturated carbocycles. The molecule has 1 heterocycles. The van der Waals surface area contributed by atoms with Gasteiger partial charge in [-0.15, -0.1) is 11.3 Å². The van der Waals surface area contributed by atoms with Gasteiger partial charge in [0.15, 0.2) is 0 Å². The molecule has 0 fully saturated rings. The SMILES string of the molecule is CCc1ccc(S(=O)(=O)N(CCNC(C)=O)C(C)C(=O)O)s1. The topological polar surface area (TPSA) is 104 Å². The molecule has 1 unspecified atom stereocenters. The predicted molar refractivity (Wildman–Crippen MR) is 83.4 cm³/mol. The number of sulfonamides is 1. The summed E-state index contributed by atoms with van der Waals surface area (Å²) in [6, 6.07) is 1.99. The minimum Gasteiger partial charge on any atom is -0.480 e. The zero-order valence-electron chi connectivity index (χ0n) is 12.7. The quantitative estimate of drug-likeness (QED) is 0.727. The average molecular weight is 348 g/mol. The molecule has 124 valence electrons. The molecule has 9 heteroatoms. The summed E-state index contributed by atoms with van der Waals surface area (Å²) in [4.78, 5) is 23.0. The highest BCUT2D eigenvalue weighted by molar-refractivity contribution is 7.91. The van der Waals surface area contributed by atoms with Crippen molar-refractivity contribution in [2.75, 3.05) is 13.1 Å². The number of carbonyl (C=O) groups is 2. The van der Waals surface area contributed by atoms with Gasteiger partial charge >= 0.3 is 5.97 Å². The number of thiophene rings is 1. The molecule has 1 aromatic heterocycles. The van der Waals surface area contributed by atoms with Crippen LogP contribution in [0.4, 0.5) is 0 Å². The Bertz CT molecular complexity index is 639. The van der Waals surface area contributed by atoms with E-state index in [2.05, 4.69) is 5.32 Å². The van der Waals surface area contributed by atoms with Gasteiger partial charge in [0.2, 0.25) is 5.91 Å². The third-order valence-electron chi connectivity index (χ3n) is 3.04. The van der Waals surface area contributed by atoms with E-state index in [0.29, 0.717) is 6.42 Å². The Balaban J connectivity index is 3.06. The minimum absolute atomic E-state index is 0.0538. The number of hydrogen-bond donors (Lipinski definition) is 2. The summed E-state index contributed by atoms with van der Waals surface area (Å²) in [5.74, 6) is -1.54. The summed E-state index contributed by atoms with van der Waals surface area (Å²) in [7, 11) is -3.91. The number of aliphatic carboxylic acids is 1. The van der Waals surface area contributed by atoms with Gasteiger partial charge in [0, 0.05) is 24.9 Å². The molecule has 7 nitrogen and oxygen atoms in total. The lowest BCUT2D eigenvalue weighted by atomic mass is 10.3. The Hall–Kier alpha value is -1.45. The minimum atomic E-state index is -3.91. The summed E-state index contributed by atoms with van der Waals surface area (Å²) in [5, 5.41) is 11.6. The molecular weight excluding hydrogens is 328 g/mol. The first-order valence-corrected chi connectivity index (χ1v) is 9.03. The van der Waals surface area contributed by atoms with Crippen molar-refractivity contribution in [3.05, 3.63) is 17.0 Å². The number of aryl methyl sites for hydroxylation is 1. The second-order valence-corrected chi connectivity index (χ2v) is 7.97. The summed E-state index contributed by atoms with van der Waals surface area (Å²) in [5.41, 5.74) is 0. The van der Waals surface area contributed by atoms with E-state index < -0.39 is 22.0 Å². The summed E-state index contributed by atoms with van der Waals surface area (Å²) in [6.45, 7) is 4.48. The number of carboxylic acid groups (broad SMARTS) is 1. The maximum absolute atomic E-state index is 12.6. The van der Waals surface area contributed by atoms with Crippen molar-refractivity contribution in [1.82, 2.24) is 9.62 Å². The first kappa shape index (κ1) is 18.6. The molecule has 1 rings (SSSR count). The van der Waals surface area contributed by atoms with Gasteiger partial charge in [-0.1, -0.05) is 6.92 Å². The molecule has 0 spiro atoms. The summed E-state index contributed by atoms with van der Waals surface area (Å²) >= 11 is 1.13. The van der Waals surface area contributed by atoms with E-state index in [-0.39, 0.29) is 23.2 Å². The van der Waals surface area contributed by atoms with E-state index in [0.717, 1.165) is 20.5 Å². The standard InChI is InChI=1S/C13H20N2O5S2/c1-4-11-5-6-12(21-11)22(19,20)15(9(2)13(17)18)8-7-14-10(3)16/h5-6,9H,4,7-8H2,1-3H3,(H,14,16)(H,17,18). The van der Waals surface area contributed by atoms with Crippen molar-refractivity contribution in [1.29, 1.82) is 0 Å². The molecule has 0 aliphatic rings. The van der Waals surface area contributed by atoms with Gasteiger partial charge in [-0.2, -0.15) is 4.31 Å². The van der Waals surface area contributed by atoms with Gasteiger partial charge < -0.3 is 10.4 Å². The Morgan fingerprint density at radius 2 is 2.05 bits per heavy atom. The first-order chi connectivity index (χ1) is 10.2. The van der Waals surface area contributed by atoms with Crippen LogP contribution in [0.2, 0.25) is 0 Å². The zero-order valence-corrected chi connectivity index (χ0v) is 14.3. The zero-order chi connectivity index (χ0) is 16.9. The van der Waals surface area contributed by atoms with Crippen LogP contribution in [0, 0.1) is 0 Å². The van der Waals surface area contributed by atoms with Crippen LogP contribution in [-0.4, -0.2) is 48.8 Å². The molecule has 2 N–H and O–H groups in total. The van der Waals surface area contributed by atoms with Gasteiger partial charge in [-0.25, -0.2) is 8.42 Å². The van der Waals surface area contributed by atoms with Crippen LogP contribution < -0.4 is 5.32 Å². The van der Waals surface area contributed by atoms with Crippen molar-refractivity contribution >= 4 is 33.2 Å². The van der Waals surface area contributed by atoms with Crippen molar-refractivity contribution in [2.24, 2.45) is 0 Å². The molecule has 22 heavy (non-hydrogen) atoms. The van der Waals surface area contributed by atoms with E-state index in [1.54, 1.807) is 6.07 Å². The van der Waals surface area contributed by atoms with Gasteiger partial charge in [0.1, 0.15) is 10.3 Å². The van der Waals surface area contributed by atoms with Gasteiger partial charge in [0.05, 0.1) is 0 Å².